The summed E-state index contributed by atoms with van der Waals surface area (Å²) in [5.74, 6) is -2.01. The van der Waals surface area contributed by atoms with E-state index in [0.29, 0.717) is 6.07 Å². The lowest BCUT2D eigenvalue weighted by atomic mass is 9.95. The van der Waals surface area contributed by atoms with Crippen LogP contribution in [-0.2, 0) is 15.8 Å². The Kier molecular flexibility index (Phi) is 7.99. The van der Waals surface area contributed by atoms with Crippen LogP contribution >= 0.6 is 23.2 Å². The Balaban J connectivity index is 2.21. The van der Waals surface area contributed by atoms with Gasteiger partial charge in [-0.1, -0.05) is 35.3 Å². The number of rotatable bonds is 8. The molecule has 0 radical (unpaired) electrons. The molecular weight excluding hydrogens is 472 g/mol. The van der Waals surface area contributed by atoms with E-state index in [4.69, 9.17) is 32.7 Å². The Morgan fingerprint density at radius 1 is 1.06 bits per heavy atom. The summed E-state index contributed by atoms with van der Waals surface area (Å²) in [7, 11) is 2.69. The van der Waals surface area contributed by atoms with E-state index in [1.165, 1.54) is 26.2 Å². The third-order valence-corrected chi connectivity index (χ3v) is 4.81. The summed E-state index contributed by atoms with van der Waals surface area (Å²) in [6.45, 7) is -0.375. The molecule has 0 aromatic heterocycles. The Morgan fingerprint density at radius 2 is 1.72 bits per heavy atom. The van der Waals surface area contributed by atoms with Gasteiger partial charge < -0.3 is 14.4 Å². The molecule has 0 aliphatic carbocycles. The molecule has 0 saturated heterocycles. The van der Waals surface area contributed by atoms with E-state index in [9.17, 15) is 28.0 Å². The van der Waals surface area contributed by atoms with Gasteiger partial charge in [-0.3, -0.25) is 9.59 Å². The predicted molar refractivity (Wildman–Crippen MR) is 111 cm³/mol. The van der Waals surface area contributed by atoms with Gasteiger partial charge in [0.25, 0.3) is 5.91 Å². The van der Waals surface area contributed by atoms with E-state index in [-0.39, 0.29) is 28.2 Å². The first kappa shape index (κ1) is 25.3. The molecule has 0 saturated carbocycles. The number of benzene rings is 2. The van der Waals surface area contributed by atoms with E-state index in [1.807, 2.05) is 0 Å². The molecule has 0 fully saturated rings. The maximum absolute atomic E-state index is 12.9. The lowest BCUT2D eigenvalue weighted by Gasteiger charge is -2.28. The highest BCUT2D eigenvalue weighted by Crippen LogP contribution is 2.35. The zero-order valence-corrected chi connectivity index (χ0v) is 18.4. The standard InChI is InChI=1S/C21H17Cl2F3N2O4/c1-28(2)19(30)20(12-27,32-17-6-4-3-5-14(17)22)18(29)9-10-31-16-8-7-13(11-15(16)23)21(24,25)26/h3-8,11H,9-10H2,1-2H3. The second kappa shape index (κ2) is 10.1. The number of hydrogen-bond acceptors (Lipinski definition) is 5. The average molecular weight is 489 g/mol. The maximum Gasteiger partial charge on any atom is 0.416 e. The summed E-state index contributed by atoms with van der Waals surface area (Å²) in [6, 6.07) is 10.1. The van der Waals surface area contributed by atoms with E-state index >= 15 is 0 Å². The van der Waals surface area contributed by atoms with Crippen molar-refractivity contribution < 1.29 is 32.2 Å². The van der Waals surface area contributed by atoms with Crippen LogP contribution in [0.25, 0.3) is 0 Å². The number of Topliss-reactive ketones (excluding diaryl/α,β-unsaturated/α-hetero) is 1. The van der Waals surface area contributed by atoms with Crippen LogP contribution in [0.2, 0.25) is 10.0 Å². The van der Waals surface area contributed by atoms with Gasteiger partial charge in [0.2, 0.25) is 5.78 Å². The molecular formula is C21H17Cl2F3N2O4. The summed E-state index contributed by atoms with van der Waals surface area (Å²) in [5, 5.41) is 9.50. The van der Waals surface area contributed by atoms with Crippen LogP contribution in [-0.4, -0.2) is 42.9 Å². The van der Waals surface area contributed by atoms with Gasteiger partial charge in [-0.25, -0.2) is 0 Å². The summed E-state index contributed by atoms with van der Waals surface area (Å²) < 4.78 is 49.0. The molecule has 2 aromatic rings. The Morgan fingerprint density at radius 3 is 2.25 bits per heavy atom. The van der Waals surface area contributed by atoms with Crippen molar-refractivity contribution in [1.82, 2.24) is 4.90 Å². The number of ketones is 1. The molecule has 0 spiro atoms. The number of amides is 1. The van der Waals surface area contributed by atoms with Crippen LogP contribution in [0.4, 0.5) is 13.2 Å². The number of alkyl halides is 3. The number of para-hydroxylation sites is 1. The van der Waals surface area contributed by atoms with E-state index < -0.39 is 35.5 Å². The Labute approximate surface area is 192 Å². The molecule has 0 bridgehead atoms. The number of carbonyl (C=O) groups is 2. The van der Waals surface area contributed by atoms with Crippen molar-refractivity contribution in [3.63, 3.8) is 0 Å². The lowest BCUT2D eigenvalue weighted by Crippen LogP contribution is -2.56. The summed E-state index contributed by atoms with van der Waals surface area (Å²) >= 11 is 11.9. The van der Waals surface area contributed by atoms with Crippen LogP contribution in [0, 0.1) is 11.3 Å². The first-order valence-electron chi connectivity index (χ1n) is 9.01. The molecule has 1 amide bonds. The molecule has 0 heterocycles. The number of nitrogens with zero attached hydrogens (tertiary/aromatic N) is 2. The third-order valence-electron chi connectivity index (χ3n) is 4.20. The molecule has 0 aliphatic heterocycles. The molecule has 0 aliphatic rings. The first-order chi connectivity index (χ1) is 14.9. The number of carbonyl (C=O) groups excluding carboxylic acids is 2. The van der Waals surface area contributed by atoms with Crippen molar-refractivity contribution in [1.29, 1.82) is 5.26 Å². The average Bonchev–Trinajstić information content (AvgIpc) is 2.73. The van der Waals surface area contributed by atoms with E-state index in [0.717, 1.165) is 17.0 Å². The lowest BCUT2D eigenvalue weighted by molar-refractivity contribution is -0.149. The molecule has 170 valence electrons. The minimum Gasteiger partial charge on any atom is -0.492 e. The van der Waals surface area contributed by atoms with E-state index in [2.05, 4.69) is 0 Å². The van der Waals surface area contributed by atoms with Crippen molar-refractivity contribution in [2.45, 2.75) is 18.2 Å². The monoisotopic (exact) mass is 488 g/mol. The van der Waals surface area contributed by atoms with E-state index in [1.54, 1.807) is 18.2 Å². The molecule has 2 rings (SSSR count). The fraction of sp³-hybridized carbons (Fsp3) is 0.286. The van der Waals surface area contributed by atoms with Crippen LogP contribution in [0.5, 0.6) is 11.5 Å². The van der Waals surface area contributed by atoms with Gasteiger partial charge in [-0.2, -0.15) is 18.4 Å². The maximum atomic E-state index is 12.9. The van der Waals surface area contributed by atoms with Gasteiger partial charge in [0.15, 0.2) is 0 Å². The summed E-state index contributed by atoms with van der Waals surface area (Å²) in [5.41, 5.74) is -3.50. The minimum atomic E-state index is -4.58. The highest BCUT2D eigenvalue weighted by Gasteiger charge is 2.50. The van der Waals surface area contributed by atoms with Gasteiger partial charge in [0, 0.05) is 20.5 Å². The molecule has 2 aromatic carbocycles. The Hall–Kier alpha value is -2.96. The predicted octanol–water partition coefficient (Wildman–Crippen LogP) is 4.78. The minimum absolute atomic E-state index is 0.0500. The number of halogens is 5. The molecule has 6 nitrogen and oxygen atoms in total. The van der Waals surface area contributed by atoms with Crippen molar-refractivity contribution >= 4 is 34.9 Å². The number of nitriles is 1. The third kappa shape index (κ3) is 5.64. The molecule has 32 heavy (non-hydrogen) atoms. The number of hydrogen-bond donors (Lipinski definition) is 0. The quantitative estimate of drug-likeness (QED) is 0.499. The second-order valence-corrected chi connectivity index (χ2v) is 7.50. The SMILES string of the molecule is CN(C)C(=O)C(C#N)(Oc1ccccc1Cl)C(=O)CCOc1ccc(C(F)(F)F)cc1Cl. The number of ether oxygens (including phenoxy) is 2. The van der Waals surface area contributed by atoms with Crippen LogP contribution in [0.15, 0.2) is 42.5 Å². The molecule has 1 atom stereocenters. The van der Waals surface area contributed by atoms with Crippen molar-refractivity contribution in [2.75, 3.05) is 20.7 Å². The second-order valence-electron chi connectivity index (χ2n) is 6.69. The van der Waals surface area contributed by atoms with Gasteiger partial charge in [-0.15, -0.1) is 0 Å². The fourth-order valence-corrected chi connectivity index (χ4v) is 2.99. The fourth-order valence-electron chi connectivity index (χ4n) is 2.58. The topological polar surface area (TPSA) is 79.6 Å². The summed E-state index contributed by atoms with van der Waals surface area (Å²) in [6.07, 6.45) is -5.05. The van der Waals surface area contributed by atoms with Crippen LogP contribution < -0.4 is 9.47 Å². The van der Waals surface area contributed by atoms with Crippen molar-refractivity contribution in [2.24, 2.45) is 0 Å². The molecule has 1 unspecified atom stereocenters. The molecule has 0 N–H and O–H groups in total. The zero-order chi connectivity index (χ0) is 24.1. The van der Waals surface area contributed by atoms with Crippen molar-refractivity contribution in [3.8, 4) is 17.6 Å². The van der Waals surface area contributed by atoms with Gasteiger partial charge in [0.1, 0.15) is 17.6 Å². The summed E-state index contributed by atoms with van der Waals surface area (Å²) in [4.78, 5) is 26.7. The highest BCUT2D eigenvalue weighted by atomic mass is 35.5. The van der Waals surface area contributed by atoms with Gasteiger partial charge in [0.05, 0.1) is 22.2 Å². The normalized spacial score (nSPS) is 12.9. The largest absolute Gasteiger partial charge is 0.492 e. The molecule has 11 heteroatoms. The Bertz CT molecular complexity index is 1050. The smallest absolute Gasteiger partial charge is 0.416 e. The van der Waals surface area contributed by atoms with Crippen LogP contribution in [0.3, 0.4) is 0 Å². The van der Waals surface area contributed by atoms with Crippen molar-refractivity contribution in [3.05, 3.63) is 58.1 Å². The van der Waals surface area contributed by atoms with Gasteiger partial charge in [-0.05, 0) is 30.3 Å². The van der Waals surface area contributed by atoms with Crippen LogP contribution in [0.1, 0.15) is 12.0 Å². The highest BCUT2D eigenvalue weighted by molar-refractivity contribution is 6.32. The first-order valence-corrected chi connectivity index (χ1v) is 9.77. The zero-order valence-electron chi connectivity index (χ0n) is 16.9. The number of likely N-dealkylation sites (N-methyl/N-ethyl adjacent to an activating group) is 1. The van der Waals surface area contributed by atoms with Gasteiger partial charge >= 0.3 is 11.8 Å².